The molecule has 2 rings (SSSR count). The summed E-state index contributed by atoms with van der Waals surface area (Å²) < 4.78 is 0. The second kappa shape index (κ2) is 10.9. The van der Waals surface area contributed by atoms with Crippen molar-refractivity contribution in [2.75, 3.05) is 13.6 Å². The summed E-state index contributed by atoms with van der Waals surface area (Å²) in [4.78, 5) is 30.7. The number of hydrogen-bond acceptors (Lipinski definition) is 5. The molecule has 0 radical (unpaired) electrons. The summed E-state index contributed by atoms with van der Waals surface area (Å²) in [6.45, 7) is 0.355. The maximum atomic E-state index is 12.8. The summed E-state index contributed by atoms with van der Waals surface area (Å²) in [6, 6.07) is -1.40. The van der Waals surface area contributed by atoms with E-state index in [2.05, 4.69) is 25.9 Å². The van der Waals surface area contributed by atoms with Gasteiger partial charge in [-0.3, -0.25) is 4.79 Å². The molecule has 1 aromatic rings. The van der Waals surface area contributed by atoms with E-state index in [1.807, 2.05) is 0 Å². The smallest absolute Gasteiger partial charge is 0.405 e. The van der Waals surface area contributed by atoms with Crippen molar-refractivity contribution in [3.05, 3.63) is 18.2 Å². The molecule has 1 saturated carbocycles. The van der Waals surface area contributed by atoms with Crippen LogP contribution in [0.15, 0.2) is 12.5 Å². The highest BCUT2D eigenvalue weighted by molar-refractivity contribution is 5.85. The minimum absolute atomic E-state index is 0.139. The topological polar surface area (TPSA) is 139 Å². The van der Waals surface area contributed by atoms with Crippen LogP contribution < -0.4 is 16.0 Å². The normalized spacial score (nSPS) is 18.4. The molecule has 1 fully saturated rings. The second-order valence-electron chi connectivity index (χ2n) is 7.25. The molecule has 0 unspecified atom stereocenters. The SMILES string of the molecule is CNC[C@H](O)[C@H](CC1CCCCC1)NC(=O)[C@H](Cc1c[nH]cn1)NC(=O)O. The van der Waals surface area contributed by atoms with Crippen LogP contribution in [0.5, 0.6) is 0 Å². The fourth-order valence-electron chi connectivity index (χ4n) is 3.70. The zero-order valence-electron chi connectivity index (χ0n) is 15.8. The van der Waals surface area contributed by atoms with Gasteiger partial charge in [-0.2, -0.15) is 0 Å². The average Bonchev–Trinajstić information content (AvgIpc) is 3.14. The lowest BCUT2D eigenvalue weighted by Gasteiger charge is -2.31. The lowest BCUT2D eigenvalue weighted by molar-refractivity contribution is -0.124. The fraction of sp³-hybridized carbons (Fsp3) is 0.722. The first-order valence-electron chi connectivity index (χ1n) is 9.59. The van der Waals surface area contributed by atoms with Crippen molar-refractivity contribution in [2.24, 2.45) is 5.92 Å². The van der Waals surface area contributed by atoms with E-state index < -0.39 is 30.2 Å². The number of likely N-dealkylation sites (N-methyl/N-ethyl adjacent to an activating group) is 1. The Bertz CT molecular complexity index is 574. The number of nitrogens with one attached hydrogen (secondary N) is 4. The molecule has 0 aromatic carbocycles. The fourth-order valence-corrected chi connectivity index (χ4v) is 3.70. The number of carbonyl (C=O) groups excluding carboxylic acids is 1. The van der Waals surface area contributed by atoms with Crippen molar-refractivity contribution in [1.29, 1.82) is 0 Å². The second-order valence-corrected chi connectivity index (χ2v) is 7.25. The summed E-state index contributed by atoms with van der Waals surface area (Å²) in [5, 5.41) is 27.6. The first kappa shape index (κ1) is 21.2. The highest BCUT2D eigenvalue weighted by Crippen LogP contribution is 2.28. The first-order valence-corrected chi connectivity index (χ1v) is 9.59. The van der Waals surface area contributed by atoms with Crippen LogP contribution in [0.25, 0.3) is 0 Å². The molecule has 0 spiro atoms. The molecule has 2 amide bonds. The molecular formula is C18H31N5O4. The molecule has 1 heterocycles. The molecular weight excluding hydrogens is 350 g/mol. The van der Waals surface area contributed by atoms with E-state index in [0.717, 1.165) is 12.8 Å². The Morgan fingerprint density at radius 3 is 2.63 bits per heavy atom. The number of nitrogens with zero attached hydrogens (tertiary/aromatic N) is 1. The third kappa shape index (κ3) is 7.18. The Morgan fingerprint density at radius 1 is 1.30 bits per heavy atom. The number of amides is 2. The number of carbonyl (C=O) groups is 2. The molecule has 1 aliphatic carbocycles. The lowest BCUT2D eigenvalue weighted by Crippen LogP contribution is -2.55. The van der Waals surface area contributed by atoms with Crippen LogP contribution in [-0.2, 0) is 11.2 Å². The van der Waals surface area contributed by atoms with Gasteiger partial charge in [-0.25, -0.2) is 9.78 Å². The number of aliphatic hydroxyl groups excluding tert-OH is 1. The Balaban J connectivity index is 2.03. The Hall–Kier alpha value is -2.13. The number of hydrogen-bond donors (Lipinski definition) is 6. The van der Waals surface area contributed by atoms with E-state index in [0.29, 0.717) is 24.6 Å². The first-order chi connectivity index (χ1) is 13.0. The molecule has 0 aliphatic heterocycles. The minimum atomic E-state index is -1.27. The predicted octanol–water partition coefficient (Wildman–Crippen LogP) is 0.624. The van der Waals surface area contributed by atoms with E-state index in [1.54, 1.807) is 13.2 Å². The van der Waals surface area contributed by atoms with Crippen molar-refractivity contribution < 1.29 is 19.8 Å². The van der Waals surface area contributed by atoms with Crippen molar-refractivity contribution in [2.45, 2.75) is 63.1 Å². The van der Waals surface area contributed by atoms with Crippen molar-refractivity contribution in [3.8, 4) is 0 Å². The number of rotatable bonds is 10. The minimum Gasteiger partial charge on any atom is -0.465 e. The number of aromatic nitrogens is 2. The van der Waals surface area contributed by atoms with E-state index in [-0.39, 0.29) is 6.42 Å². The number of imidazole rings is 1. The van der Waals surface area contributed by atoms with E-state index in [4.69, 9.17) is 5.11 Å². The van der Waals surface area contributed by atoms with Gasteiger partial charge in [0.2, 0.25) is 5.91 Å². The molecule has 9 heteroatoms. The molecule has 9 nitrogen and oxygen atoms in total. The van der Waals surface area contributed by atoms with Gasteiger partial charge in [0.1, 0.15) is 6.04 Å². The largest absolute Gasteiger partial charge is 0.465 e. The zero-order valence-corrected chi connectivity index (χ0v) is 15.8. The molecule has 1 aliphatic rings. The highest BCUT2D eigenvalue weighted by atomic mass is 16.4. The molecule has 27 heavy (non-hydrogen) atoms. The maximum absolute atomic E-state index is 12.8. The van der Waals surface area contributed by atoms with E-state index in [1.165, 1.54) is 25.6 Å². The molecule has 1 aromatic heterocycles. The van der Waals surface area contributed by atoms with Crippen molar-refractivity contribution in [3.63, 3.8) is 0 Å². The van der Waals surface area contributed by atoms with Crippen LogP contribution in [-0.4, -0.2) is 64.0 Å². The van der Waals surface area contributed by atoms with Crippen LogP contribution in [0.2, 0.25) is 0 Å². The third-order valence-electron chi connectivity index (χ3n) is 5.10. The van der Waals surface area contributed by atoms with Crippen LogP contribution in [0.3, 0.4) is 0 Å². The highest BCUT2D eigenvalue weighted by Gasteiger charge is 2.29. The molecule has 3 atom stereocenters. The van der Waals surface area contributed by atoms with Crippen molar-refractivity contribution >= 4 is 12.0 Å². The van der Waals surface area contributed by atoms with Crippen LogP contribution in [0.1, 0.15) is 44.2 Å². The van der Waals surface area contributed by atoms with Gasteiger partial charge in [-0.05, 0) is 19.4 Å². The van der Waals surface area contributed by atoms with E-state index in [9.17, 15) is 14.7 Å². The van der Waals surface area contributed by atoms with Crippen LogP contribution in [0, 0.1) is 5.92 Å². The summed E-state index contributed by atoms with van der Waals surface area (Å²) in [7, 11) is 1.75. The number of aromatic amines is 1. The third-order valence-corrected chi connectivity index (χ3v) is 5.10. The molecule has 0 saturated heterocycles. The van der Waals surface area contributed by atoms with Gasteiger partial charge in [0, 0.05) is 19.2 Å². The standard InChI is InChI=1S/C18H31N5O4/c1-19-10-16(24)14(7-12-5-3-2-4-6-12)22-17(25)15(23-18(26)27)8-13-9-20-11-21-13/h9,11-12,14-16,19,23-24H,2-8,10H2,1H3,(H,20,21)(H,22,25)(H,26,27)/t14-,15-,16-/m0/s1. The van der Waals surface area contributed by atoms with Gasteiger partial charge in [-0.15, -0.1) is 0 Å². The van der Waals surface area contributed by atoms with E-state index >= 15 is 0 Å². The average molecular weight is 381 g/mol. The van der Waals surface area contributed by atoms with Gasteiger partial charge < -0.3 is 31.1 Å². The molecule has 152 valence electrons. The van der Waals surface area contributed by atoms with Gasteiger partial charge in [-0.1, -0.05) is 32.1 Å². The number of carboxylic acid groups (broad SMARTS) is 1. The van der Waals surface area contributed by atoms with Gasteiger partial charge in [0.25, 0.3) is 0 Å². The summed E-state index contributed by atoms with van der Waals surface area (Å²) >= 11 is 0. The van der Waals surface area contributed by atoms with Crippen LogP contribution in [0.4, 0.5) is 4.79 Å². The monoisotopic (exact) mass is 381 g/mol. The van der Waals surface area contributed by atoms with Gasteiger partial charge in [0.15, 0.2) is 0 Å². The number of aliphatic hydroxyl groups is 1. The Kier molecular flexibility index (Phi) is 8.53. The number of H-pyrrole nitrogens is 1. The quantitative estimate of drug-likeness (QED) is 0.351. The summed E-state index contributed by atoms with van der Waals surface area (Å²) in [5.41, 5.74) is 0.587. The summed E-state index contributed by atoms with van der Waals surface area (Å²) in [6.07, 6.45) is 7.71. The molecule has 0 bridgehead atoms. The van der Waals surface area contributed by atoms with Crippen LogP contribution >= 0.6 is 0 Å². The Morgan fingerprint density at radius 2 is 2.04 bits per heavy atom. The Labute approximate surface area is 159 Å². The maximum Gasteiger partial charge on any atom is 0.405 e. The van der Waals surface area contributed by atoms with Crippen molar-refractivity contribution in [1.82, 2.24) is 25.9 Å². The lowest BCUT2D eigenvalue weighted by atomic mass is 9.83. The van der Waals surface area contributed by atoms with Gasteiger partial charge >= 0.3 is 6.09 Å². The zero-order chi connectivity index (χ0) is 19.6. The summed E-state index contributed by atoms with van der Waals surface area (Å²) in [5.74, 6) is 0.0177. The predicted molar refractivity (Wildman–Crippen MR) is 100 cm³/mol. The molecule has 6 N–H and O–H groups in total. The van der Waals surface area contributed by atoms with Gasteiger partial charge in [0.05, 0.1) is 24.2 Å².